The molecular formula is C16H31N3O. The van der Waals surface area contributed by atoms with Gasteiger partial charge in [0.2, 0.25) is 5.91 Å². The predicted octanol–water partition coefficient (Wildman–Crippen LogP) is 1.71. The number of nitrogens with zero attached hydrogens (tertiary/aromatic N) is 2. The second-order valence-corrected chi connectivity index (χ2v) is 6.50. The summed E-state index contributed by atoms with van der Waals surface area (Å²) in [6.07, 6.45) is 8.78. The lowest BCUT2D eigenvalue weighted by atomic mass is 9.97. The first-order valence-corrected chi connectivity index (χ1v) is 8.44. The number of hydrogen-bond acceptors (Lipinski definition) is 3. The molecule has 0 radical (unpaired) electrons. The summed E-state index contributed by atoms with van der Waals surface area (Å²) in [7, 11) is 2.11. The minimum atomic E-state index is 0.215. The smallest absolute Gasteiger partial charge is 0.224 e. The molecule has 0 aromatic carbocycles. The Bertz CT molecular complexity index is 287. The molecule has 0 saturated carbocycles. The quantitative estimate of drug-likeness (QED) is 0.779. The zero-order chi connectivity index (χ0) is 14.2. The monoisotopic (exact) mass is 281 g/mol. The Balaban J connectivity index is 1.56. The maximum atomic E-state index is 12.1. The van der Waals surface area contributed by atoms with Crippen LogP contribution in [0.4, 0.5) is 0 Å². The summed E-state index contributed by atoms with van der Waals surface area (Å²) in [6, 6.07) is 0. The summed E-state index contributed by atoms with van der Waals surface area (Å²) in [6.45, 7) is 6.56. The number of hydrogen-bond donors (Lipinski definition) is 1. The van der Waals surface area contributed by atoms with Crippen molar-refractivity contribution in [2.24, 2.45) is 5.92 Å². The van der Waals surface area contributed by atoms with E-state index in [1.54, 1.807) is 0 Å². The van der Waals surface area contributed by atoms with Crippen molar-refractivity contribution in [1.82, 2.24) is 15.1 Å². The van der Waals surface area contributed by atoms with Crippen LogP contribution in [-0.4, -0.2) is 62.0 Å². The molecule has 4 nitrogen and oxygen atoms in total. The summed E-state index contributed by atoms with van der Waals surface area (Å²) in [5, 5.41) is 3.14. The van der Waals surface area contributed by atoms with Crippen LogP contribution in [0.5, 0.6) is 0 Å². The van der Waals surface area contributed by atoms with Gasteiger partial charge in [-0.1, -0.05) is 12.8 Å². The number of likely N-dealkylation sites (tertiary alicyclic amines) is 2. The Morgan fingerprint density at radius 1 is 1.10 bits per heavy atom. The van der Waals surface area contributed by atoms with Gasteiger partial charge in [-0.2, -0.15) is 0 Å². The van der Waals surface area contributed by atoms with Crippen molar-refractivity contribution < 1.29 is 4.79 Å². The molecule has 0 aliphatic carbocycles. The summed E-state index contributed by atoms with van der Waals surface area (Å²) in [5.74, 6) is 0.486. The third kappa shape index (κ3) is 5.41. The molecule has 2 saturated heterocycles. The van der Waals surface area contributed by atoms with Crippen molar-refractivity contribution in [2.45, 2.75) is 44.9 Å². The Hall–Kier alpha value is -0.610. The van der Waals surface area contributed by atoms with Gasteiger partial charge in [0, 0.05) is 13.1 Å². The lowest BCUT2D eigenvalue weighted by Crippen LogP contribution is -2.42. The zero-order valence-corrected chi connectivity index (χ0v) is 13.1. The highest BCUT2D eigenvalue weighted by Gasteiger charge is 2.23. The normalized spacial score (nSPS) is 26.1. The van der Waals surface area contributed by atoms with E-state index in [-0.39, 0.29) is 11.8 Å². The second-order valence-electron chi connectivity index (χ2n) is 6.50. The molecule has 2 heterocycles. The second kappa shape index (κ2) is 8.63. The van der Waals surface area contributed by atoms with Crippen LogP contribution in [-0.2, 0) is 4.79 Å². The van der Waals surface area contributed by atoms with E-state index in [0.717, 1.165) is 45.4 Å². The van der Waals surface area contributed by atoms with Gasteiger partial charge < -0.3 is 15.1 Å². The van der Waals surface area contributed by atoms with Crippen LogP contribution in [0.2, 0.25) is 0 Å². The van der Waals surface area contributed by atoms with Gasteiger partial charge >= 0.3 is 0 Å². The molecule has 2 rings (SSSR count). The highest BCUT2D eigenvalue weighted by atomic mass is 16.1. The number of amides is 1. The van der Waals surface area contributed by atoms with Crippen molar-refractivity contribution in [3.63, 3.8) is 0 Å². The van der Waals surface area contributed by atoms with Crippen LogP contribution in [0.1, 0.15) is 44.9 Å². The van der Waals surface area contributed by atoms with E-state index in [9.17, 15) is 4.79 Å². The fraction of sp³-hybridized carbons (Fsp3) is 0.938. The van der Waals surface area contributed by atoms with Crippen LogP contribution in [0.25, 0.3) is 0 Å². The molecule has 0 aromatic rings. The molecular weight excluding hydrogens is 250 g/mol. The Morgan fingerprint density at radius 3 is 2.55 bits per heavy atom. The number of carbonyl (C=O) groups excluding carboxylic acids is 1. The summed E-state index contributed by atoms with van der Waals surface area (Å²) in [4.78, 5) is 16.9. The van der Waals surface area contributed by atoms with E-state index < -0.39 is 0 Å². The SMILES string of the molecule is CN1CCCC(C(=O)NCCCN2CCCCCC2)C1. The van der Waals surface area contributed by atoms with E-state index >= 15 is 0 Å². The lowest BCUT2D eigenvalue weighted by Gasteiger charge is -2.28. The van der Waals surface area contributed by atoms with Crippen LogP contribution in [0.15, 0.2) is 0 Å². The molecule has 1 amide bonds. The van der Waals surface area contributed by atoms with E-state index in [4.69, 9.17) is 0 Å². The maximum Gasteiger partial charge on any atom is 0.224 e. The molecule has 2 aliphatic heterocycles. The van der Waals surface area contributed by atoms with Gasteiger partial charge in [0.25, 0.3) is 0 Å². The third-order valence-electron chi connectivity index (χ3n) is 4.64. The van der Waals surface area contributed by atoms with Crippen molar-refractivity contribution in [3.05, 3.63) is 0 Å². The Morgan fingerprint density at radius 2 is 1.85 bits per heavy atom. The molecule has 0 bridgehead atoms. The molecule has 1 N–H and O–H groups in total. The van der Waals surface area contributed by atoms with Crippen LogP contribution in [0, 0.1) is 5.92 Å². The molecule has 2 fully saturated rings. The van der Waals surface area contributed by atoms with E-state index in [0.29, 0.717) is 0 Å². The summed E-state index contributed by atoms with van der Waals surface area (Å²) in [5.41, 5.74) is 0. The number of carbonyl (C=O) groups is 1. The molecule has 2 aliphatic rings. The van der Waals surface area contributed by atoms with Crippen LogP contribution < -0.4 is 5.32 Å². The molecule has 1 unspecified atom stereocenters. The van der Waals surface area contributed by atoms with Gasteiger partial charge in [-0.15, -0.1) is 0 Å². The number of nitrogens with one attached hydrogen (secondary N) is 1. The first-order chi connectivity index (χ1) is 9.75. The van der Waals surface area contributed by atoms with E-state index in [1.807, 2.05) is 0 Å². The fourth-order valence-corrected chi connectivity index (χ4v) is 3.40. The molecule has 116 valence electrons. The van der Waals surface area contributed by atoms with Gasteiger partial charge in [0.15, 0.2) is 0 Å². The third-order valence-corrected chi connectivity index (χ3v) is 4.64. The topological polar surface area (TPSA) is 35.6 Å². The van der Waals surface area contributed by atoms with Crippen LogP contribution in [0.3, 0.4) is 0 Å². The highest BCUT2D eigenvalue weighted by molar-refractivity contribution is 5.78. The van der Waals surface area contributed by atoms with Gasteiger partial charge in [-0.25, -0.2) is 0 Å². The van der Waals surface area contributed by atoms with Crippen molar-refractivity contribution in [2.75, 3.05) is 46.3 Å². The van der Waals surface area contributed by atoms with Gasteiger partial charge in [0.1, 0.15) is 0 Å². The Labute approximate surface area is 123 Å². The minimum Gasteiger partial charge on any atom is -0.356 e. The molecule has 0 aromatic heterocycles. The average molecular weight is 281 g/mol. The minimum absolute atomic E-state index is 0.215. The van der Waals surface area contributed by atoms with E-state index in [1.165, 1.54) is 38.8 Å². The highest BCUT2D eigenvalue weighted by Crippen LogP contribution is 2.15. The summed E-state index contributed by atoms with van der Waals surface area (Å²) >= 11 is 0. The zero-order valence-electron chi connectivity index (χ0n) is 13.1. The largest absolute Gasteiger partial charge is 0.356 e. The fourth-order valence-electron chi connectivity index (χ4n) is 3.40. The molecule has 20 heavy (non-hydrogen) atoms. The summed E-state index contributed by atoms with van der Waals surface area (Å²) < 4.78 is 0. The average Bonchev–Trinajstić information content (AvgIpc) is 2.72. The number of rotatable bonds is 5. The molecule has 4 heteroatoms. The standard InChI is InChI=1S/C16H31N3O/c1-18-10-6-8-15(14-18)16(20)17-9-7-13-19-11-4-2-3-5-12-19/h15H,2-14H2,1H3,(H,17,20). The first-order valence-electron chi connectivity index (χ1n) is 8.44. The molecule has 1 atom stereocenters. The van der Waals surface area contributed by atoms with Gasteiger partial charge in [-0.05, 0) is 65.3 Å². The Kier molecular flexibility index (Phi) is 6.80. The van der Waals surface area contributed by atoms with Gasteiger partial charge in [0.05, 0.1) is 5.92 Å². The lowest BCUT2D eigenvalue weighted by molar-refractivity contribution is -0.126. The van der Waals surface area contributed by atoms with Crippen LogP contribution >= 0.6 is 0 Å². The van der Waals surface area contributed by atoms with Crippen molar-refractivity contribution in [1.29, 1.82) is 0 Å². The maximum absolute atomic E-state index is 12.1. The van der Waals surface area contributed by atoms with E-state index in [2.05, 4.69) is 22.2 Å². The van der Waals surface area contributed by atoms with Crippen molar-refractivity contribution >= 4 is 5.91 Å². The molecule has 0 spiro atoms. The number of piperidine rings is 1. The first kappa shape index (κ1) is 15.8. The predicted molar refractivity (Wildman–Crippen MR) is 82.8 cm³/mol. The van der Waals surface area contributed by atoms with Gasteiger partial charge in [-0.3, -0.25) is 4.79 Å². The van der Waals surface area contributed by atoms with Crippen molar-refractivity contribution in [3.8, 4) is 0 Å².